The smallest absolute Gasteiger partial charge is 0.111 e. The molecule has 5 nitrogen and oxygen atoms in total. The van der Waals surface area contributed by atoms with E-state index in [1.807, 2.05) is 6.07 Å². The number of halogens is 1. The van der Waals surface area contributed by atoms with Crippen LogP contribution in [0.1, 0.15) is 76.3 Å². The summed E-state index contributed by atoms with van der Waals surface area (Å²) in [5, 5.41) is 16.2. The third-order valence-corrected chi connectivity index (χ3v) is 7.97. The molecule has 0 radical (unpaired) electrons. The number of hydrogen-bond donors (Lipinski definition) is 2. The molecule has 2 aliphatic rings. The van der Waals surface area contributed by atoms with Crippen LogP contribution in [-0.2, 0) is 10.3 Å². The van der Waals surface area contributed by atoms with Gasteiger partial charge in [-0.2, -0.15) is 0 Å². The first-order valence-corrected chi connectivity index (χ1v) is 13.2. The number of ether oxygens (including phenoxy) is 1. The van der Waals surface area contributed by atoms with Gasteiger partial charge in [-0.1, -0.05) is 43.7 Å². The third-order valence-electron chi connectivity index (χ3n) is 7.74. The van der Waals surface area contributed by atoms with Crippen molar-refractivity contribution in [2.45, 2.75) is 82.3 Å². The van der Waals surface area contributed by atoms with Crippen molar-refractivity contribution in [1.82, 2.24) is 15.2 Å². The molecular formula is C26H44ClN3O2. The summed E-state index contributed by atoms with van der Waals surface area (Å²) in [5.74, 6) is 1.01. The highest BCUT2D eigenvalue weighted by atomic mass is 35.5. The fourth-order valence-corrected chi connectivity index (χ4v) is 6.12. The Bertz CT molecular complexity index is 670. The Morgan fingerprint density at radius 1 is 1.25 bits per heavy atom. The zero-order valence-corrected chi connectivity index (χ0v) is 21.0. The van der Waals surface area contributed by atoms with E-state index in [1.165, 1.54) is 38.5 Å². The first-order valence-electron chi connectivity index (χ1n) is 12.8. The normalized spacial score (nSPS) is 23.7. The van der Waals surface area contributed by atoms with Crippen molar-refractivity contribution in [3.05, 3.63) is 29.0 Å². The van der Waals surface area contributed by atoms with Gasteiger partial charge in [0.2, 0.25) is 0 Å². The first kappa shape index (κ1) is 25.9. The maximum atomic E-state index is 12.1. The van der Waals surface area contributed by atoms with Crippen LogP contribution < -0.4 is 5.32 Å². The van der Waals surface area contributed by atoms with Crippen LogP contribution in [0.4, 0.5) is 0 Å². The van der Waals surface area contributed by atoms with Crippen LogP contribution >= 0.6 is 11.6 Å². The summed E-state index contributed by atoms with van der Waals surface area (Å²) in [6.07, 6.45) is 14.7. The molecule has 2 heterocycles. The molecule has 1 saturated carbocycles. The summed E-state index contributed by atoms with van der Waals surface area (Å²) in [5.41, 5.74) is -0.224. The van der Waals surface area contributed by atoms with Crippen LogP contribution in [-0.4, -0.2) is 61.4 Å². The number of rotatable bonds is 12. The zero-order valence-electron chi connectivity index (χ0n) is 20.2. The van der Waals surface area contributed by atoms with Gasteiger partial charge in [0, 0.05) is 50.0 Å². The fourth-order valence-electron chi connectivity index (χ4n) is 5.96. The van der Waals surface area contributed by atoms with Crippen LogP contribution in [0.2, 0.25) is 5.02 Å². The van der Waals surface area contributed by atoms with E-state index in [0.717, 1.165) is 63.5 Å². The van der Waals surface area contributed by atoms with Crippen molar-refractivity contribution in [2.24, 2.45) is 11.8 Å². The molecule has 182 valence electrons. The molecule has 6 heteroatoms. The average molecular weight is 466 g/mol. The molecule has 2 fully saturated rings. The lowest BCUT2D eigenvalue weighted by molar-refractivity contribution is -0.0719. The Morgan fingerprint density at radius 3 is 2.78 bits per heavy atom. The lowest BCUT2D eigenvalue weighted by Crippen LogP contribution is -2.52. The van der Waals surface area contributed by atoms with Gasteiger partial charge in [-0.3, -0.25) is 9.88 Å². The topological polar surface area (TPSA) is 57.6 Å². The largest absolute Gasteiger partial charge is 0.385 e. The summed E-state index contributed by atoms with van der Waals surface area (Å²) in [7, 11) is 3.80. The van der Waals surface area contributed by atoms with Gasteiger partial charge < -0.3 is 15.2 Å². The van der Waals surface area contributed by atoms with Gasteiger partial charge in [0.15, 0.2) is 0 Å². The second-order valence-corrected chi connectivity index (χ2v) is 10.5. The van der Waals surface area contributed by atoms with E-state index in [-0.39, 0.29) is 5.92 Å². The van der Waals surface area contributed by atoms with E-state index >= 15 is 0 Å². The van der Waals surface area contributed by atoms with Crippen molar-refractivity contribution in [1.29, 1.82) is 0 Å². The van der Waals surface area contributed by atoms with E-state index in [4.69, 9.17) is 16.3 Å². The van der Waals surface area contributed by atoms with Crippen molar-refractivity contribution in [2.75, 3.05) is 40.4 Å². The van der Waals surface area contributed by atoms with Crippen LogP contribution in [0.3, 0.4) is 0 Å². The van der Waals surface area contributed by atoms with Crippen molar-refractivity contribution in [3.8, 4) is 0 Å². The summed E-state index contributed by atoms with van der Waals surface area (Å²) in [4.78, 5) is 7.25. The number of likely N-dealkylation sites (N-methyl/N-ethyl adjacent to an activating group) is 1. The Balaban J connectivity index is 1.75. The Labute approximate surface area is 200 Å². The van der Waals surface area contributed by atoms with Crippen molar-refractivity contribution >= 4 is 11.6 Å². The zero-order chi connectivity index (χ0) is 22.8. The van der Waals surface area contributed by atoms with Gasteiger partial charge in [0.25, 0.3) is 0 Å². The van der Waals surface area contributed by atoms with Crippen LogP contribution in [0.25, 0.3) is 0 Å². The molecule has 3 atom stereocenters. The highest BCUT2D eigenvalue weighted by molar-refractivity contribution is 6.30. The molecule has 0 spiro atoms. The van der Waals surface area contributed by atoms with Gasteiger partial charge in [-0.15, -0.1) is 0 Å². The minimum absolute atomic E-state index is 0.162. The van der Waals surface area contributed by atoms with Crippen molar-refractivity contribution in [3.63, 3.8) is 0 Å². The summed E-state index contributed by atoms with van der Waals surface area (Å²) in [6, 6.07) is 4.19. The molecule has 1 aromatic rings. The minimum atomic E-state index is -0.952. The number of piperidine rings is 1. The number of nitrogens with one attached hydrogen (secondary N) is 1. The van der Waals surface area contributed by atoms with Gasteiger partial charge >= 0.3 is 0 Å². The molecule has 0 amide bonds. The van der Waals surface area contributed by atoms with E-state index in [2.05, 4.69) is 22.2 Å². The van der Waals surface area contributed by atoms with Gasteiger partial charge in [0.05, 0.1) is 5.69 Å². The van der Waals surface area contributed by atoms with Crippen LogP contribution in [0.15, 0.2) is 18.3 Å². The van der Waals surface area contributed by atoms with E-state index in [1.54, 1.807) is 19.4 Å². The highest BCUT2D eigenvalue weighted by Crippen LogP contribution is 2.40. The molecule has 1 saturated heterocycles. The fraction of sp³-hybridized carbons (Fsp3) is 0.808. The van der Waals surface area contributed by atoms with E-state index in [9.17, 15) is 5.11 Å². The predicted molar refractivity (Wildman–Crippen MR) is 132 cm³/mol. The molecule has 3 rings (SSSR count). The van der Waals surface area contributed by atoms with E-state index < -0.39 is 5.60 Å². The van der Waals surface area contributed by atoms with Gasteiger partial charge in [-0.05, 0) is 70.2 Å². The first-order chi connectivity index (χ1) is 15.6. The molecule has 0 aromatic carbocycles. The molecule has 2 N–H and O–H groups in total. The molecule has 0 bridgehead atoms. The van der Waals surface area contributed by atoms with Crippen LogP contribution in [0.5, 0.6) is 0 Å². The summed E-state index contributed by atoms with van der Waals surface area (Å²) in [6.45, 7) is 3.79. The molecule has 1 aromatic heterocycles. The number of likely N-dealkylation sites (tertiary alicyclic amines) is 1. The quantitative estimate of drug-likeness (QED) is 0.425. The van der Waals surface area contributed by atoms with Gasteiger partial charge in [0.1, 0.15) is 5.60 Å². The number of pyridine rings is 1. The summed E-state index contributed by atoms with van der Waals surface area (Å²) >= 11 is 6.31. The number of hydrogen-bond acceptors (Lipinski definition) is 5. The maximum absolute atomic E-state index is 12.1. The van der Waals surface area contributed by atoms with Crippen molar-refractivity contribution < 1.29 is 9.84 Å². The molecule has 3 unspecified atom stereocenters. The number of aromatic nitrogens is 1. The lowest BCUT2D eigenvalue weighted by atomic mass is 9.75. The Morgan fingerprint density at radius 2 is 2.06 bits per heavy atom. The maximum Gasteiger partial charge on any atom is 0.111 e. The monoisotopic (exact) mass is 465 g/mol. The number of methoxy groups -OCH3 is 1. The lowest BCUT2D eigenvalue weighted by Gasteiger charge is -2.45. The summed E-state index contributed by atoms with van der Waals surface area (Å²) < 4.78 is 5.24. The molecule has 1 aliphatic heterocycles. The second-order valence-electron chi connectivity index (χ2n) is 10.0. The average Bonchev–Trinajstić information content (AvgIpc) is 2.82. The van der Waals surface area contributed by atoms with Gasteiger partial charge in [-0.25, -0.2) is 0 Å². The molecular weight excluding hydrogens is 422 g/mol. The highest BCUT2D eigenvalue weighted by Gasteiger charge is 2.42. The standard InChI is InChI=1S/C26H44ClN3O2/c1-28-19-24(17-21-9-4-3-5-10-21)30-15-8-11-22(20-30)26(31,13-6-7-16-32-2)25-18-23(27)12-14-29-25/h12,14,18,21-22,24,28,31H,3-11,13,15-17,19-20H2,1-2H3. The number of aliphatic hydroxyl groups is 1. The second kappa shape index (κ2) is 13.2. The number of unbranched alkanes of at least 4 members (excludes halogenated alkanes) is 1. The van der Waals surface area contributed by atoms with E-state index in [0.29, 0.717) is 17.5 Å². The predicted octanol–water partition coefficient (Wildman–Crippen LogP) is 5.01. The third kappa shape index (κ3) is 7.14. The number of nitrogens with zero attached hydrogens (tertiary/aromatic N) is 2. The Kier molecular flexibility index (Phi) is 10.7. The SMILES string of the molecule is CNCC(CC1CCCCC1)N1CCCC(C(O)(CCCCOC)c2cc(Cl)ccn2)C1. The Hall–Kier alpha value is -0.720. The minimum Gasteiger partial charge on any atom is -0.385 e. The molecule has 32 heavy (non-hydrogen) atoms. The van der Waals surface area contributed by atoms with Crippen LogP contribution in [0, 0.1) is 11.8 Å². The molecule has 1 aliphatic carbocycles.